The molecule has 0 spiro atoms. The third-order valence-corrected chi connectivity index (χ3v) is 3.06. The molecule has 1 unspecified atom stereocenters. The van der Waals surface area contributed by atoms with E-state index in [9.17, 15) is 0 Å². The molecule has 104 valence electrons. The molecule has 1 atom stereocenters. The van der Waals surface area contributed by atoms with E-state index < -0.39 is 6.55 Å². The number of hydrogen-bond donors (Lipinski definition) is 0. The zero-order valence-corrected chi connectivity index (χ0v) is 12.4. The van der Waals surface area contributed by atoms with Gasteiger partial charge in [0, 0.05) is 18.6 Å². The fourth-order valence-corrected chi connectivity index (χ4v) is 2.23. The SMILES string of the molecule is CCO[B-](C#CC(C)(C)C)(OCC)C1CCOC1. The van der Waals surface area contributed by atoms with E-state index in [1.807, 2.05) is 13.8 Å². The Morgan fingerprint density at radius 2 is 1.83 bits per heavy atom. The minimum Gasteiger partial charge on any atom is -0.558 e. The number of rotatable bonds is 5. The molecule has 3 nitrogen and oxygen atoms in total. The fraction of sp³-hybridized carbons (Fsp3) is 0.857. The summed E-state index contributed by atoms with van der Waals surface area (Å²) in [6, 6.07) is 0. The van der Waals surface area contributed by atoms with Gasteiger partial charge >= 0.3 is 6.55 Å². The lowest BCUT2D eigenvalue weighted by Crippen LogP contribution is -2.47. The Labute approximate surface area is 112 Å². The molecule has 0 aromatic heterocycles. The van der Waals surface area contributed by atoms with Crippen molar-refractivity contribution >= 4 is 6.55 Å². The first-order chi connectivity index (χ1) is 8.43. The molecule has 4 heteroatoms. The minimum atomic E-state index is -1.55. The summed E-state index contributed by atoms with van der Waals surface area (Å²) in [5.74, 6) is 6.85. The van der Waals surface area contributed by atoms with Crippen molar-refractivity contribution in [2.45, 2.75) is 46.9 Å². The van der Waals surface area contributed by atoms with Gasteiger partial charge in [-0.1, -0.05) is 12.2 Å². The van der Waals surface area contributed by atoms with Crippen molar-refractivity contribution in [3.8, 4) is 11.7 Å². The lowest BCUT2D eigenvalue weighted by molar-refractivity contribution is 0.168. The summed E-state index contributed by atoms with van der Waals surface area (Å²) < 4.78 is 17.3. The van der Waals surface area contributed by atoms with Crippen LogP contribution in [0.2, 0.25) is 5.82 Å². The monoisotopic (exact) mass is 253 g/mol. The Balaban J connectivity index is 2.98. The van der Waals surface area contributed by atoms with E-state index in [-0.39, 0.29) is 11.2 Å². The van der Waals surface area contributed by atoms with Crippen molar-refractivity contribution in [1.29, 1.82) is 0 Å². The zero-order valence-electron chi connectivity index (χ0n) is 12.4. The van der Waals surface area contributed by atoms with Gasteiger partial charge in [-0.2, -0.15) is 0 Å². The highest BCUT2D eigenvalue weighted by Crippen LogP contribution is 2.32. The molecule has 18 heavy (non-hydrogen) atoms. The summed E-state index contributed by atoms with van der Waals surface area (Å²) in [7, 11) is 0. The van der Waals surface area contributed by atoms with Crippen LogP contribution in [0.3, 0.4) is 0 Å². The van der Waals surface area contributed by atoms with Crippen molar-refractivity contribution in [3.63, 3.8) is 0 Å². The molecule has 1 heterocycles. The average molecular weight is 253 g/mol. The Morgan fingerprint density at radius 1 is 1.22 bits per heavy atom. The second kappa shape index (κ2) is 6.61. The zero-order chi connectivity index (χ0) is 13.6. The molecule has 1 aliphatic heterocycles. The second-order valence-corrected chi connectivity index (χ2v) is 5.82. The van der Waals surface area contributed by atoms with Crippen LogP contribution >= 0.6 is 0 Å². The number of ether oxygens (including phenoxy) is 1. The van der Waals surface area contributed by atoms with Crippen molar-refractivity contribution < 1.29 is 14.0 Å². The molecule has 0 aromatic carbocycles. The van der Waals surface area contributed by atoms with Gasteiger partial charge < -0.3 is 14.0 Å². The van der Waals surface area contributed by atoms with Crippen LogP contribution in [0.15, 0.2) is 0 Å². The molecule has 0 aromatic rings. The summed E-state index contributed by atoms with van der Waals surface area (Å²) >= 11 is 0. The van der Waals surface area contributed by atoms with Crippen LogP contribution in [-0.4, -0.2) is 33.0 Å². The van der Waals surface area contributed by atoms with Crippen LogP contribution < -0.4 is 0 Å². The van der Waals surface area contributed by atoms with Gasteiger partial charge in [0.1, 0.15) is 0 Å². The maximum absolute atomic E-state index is 5.94. The molecule has 0 bridgehead atoms. The lowest BCUT2D eigenvalue weighted by atomic mass is 9.47. The first-order valence-electron chi connectivity index (χ1n) is 6.98. The maximum Gasteiger partial charge on any atom is 0.319 e. The Kier molecular flexibility index (Phi) is 5.71. The summed E-state index contributed by atoms with van der Waals surface area (Å²) in [4.78, 5) is 0. The molecule has 1 saturated heterocycles. The predicted molar refractivity (Wildman–Crippen MR) is 75.4 cm³/mol. The van der Waals surface area contributed by atoms with E-state index in [1.54, 1.807) is 0 Å². The van der Waals surface area contributed by atoms with Crippen LogP contribution in [0.4, 0.5) is 0 Å². The molecule has 0 amide bonds. The van der Waals surface area contributed by atoms with Crippen molar-refractivity contribution in [3.05, 3.63) is 0 Å². The van der Waals surface area contributed by atoms with Gasteiger partial charge in [-0.25, -0.2) is 5.82 Å². The van der Waals surface area contributed by atoms with Gasteiger partial charge in [-0.3, -0.25) is 0 Å². The Hall–Kier alpha value is -0.495. The van der Waals surface area contributed by atoms with Crippen molar-refractivity contribution in [2.75, 3.05) is 26.4 Å². The van der Waals surface area contributed by atoms with E-state index >= 15 is 0 Å². The van der Waals surface area contributed by atoms with Crippen molar-refractivity contribution in [2.24, 2.45) is 5.41 Å². The van der Waals surface area contributed by atoms with Gasteiger partial charge in [-0.05, 0) is 47.8 Å². The van der Waals surface area contributed by atoms with Crippen LogP contribution in [0.25, 0.3) is 0 Å². The quantitative estimate of drug-likeness (QED) is 0.557. The van der Waals surface area contributed by atoms with Gasteiger partial charge in [0.15, 0.2) is 0 Å². The topological polar surface area (TPSA) is 27.7 Å². The first kappa shape index (κ1) is 15.6. The molecule has 0 saturated carbocycles. The molecule has 0 aliphatic carbocycles. The highest BCUT2D eigenvalue weighted by atomic mass is 16.6. The van der Waals surface area contributed by atoms with Crippen LogP contribution in [0.5, 0.6) is 0 Å². The third-order valence-electron chi connectivity index (χ3n) is 3.06. The third kappa shape index (κ3) is 4.31. The normalized spacial score (nSPS) is 20.6. The van der Waals surface area contributed by atoms with Crippen molar-refractivity contribution in [1.82, 2.24) is 0 Å². The molecule has 0 radical (unpaired) electrons. The molecule has 0 N–H and O–H groups in total. The van der Waals surface area contributed by atoms with E-state index in [0.717, 1.165) is 13.0 Å². The van der Waals surface area contributed by atoms with Crippen LogP contribution in [-0.2, 0) is 14.0 Å². The summed E-state index contributed by atoms with van der Waals surface area (Å²) in [6.07, 6.45) is 0.971. The molecule has 1 fully saturated rings. The minimum absolute atomic E-state index is 0.0410. The molecular weight excluding hydrogens is 227 g/mol. The first-order valence-corrected chi connectivity index (χ1v) is 6.98. The molecule has 1 rings (SSSR count). The highest BCUT2D eigenvalue weighted by Gasteiger charge is 2.37. The molecule has 1 aliphatic rings. The summed E-state index contributed by atoms with van der Waals surface area (Å²) in [5, 5.41) is 0. The van der Waals surface area contributed by atoms with E-state index in [2.05, 4.69) is 32.5 Å². The lowest BCUT2D eigenvalue weighted by Gasteiger charge is -2.41. The van der Waals surface area contributed by atoms with Gasteiger partial charge in [-0.15, -0.1) is 5.92 Å². The Bertz CT molecular complexity index is 299. The second-order valence-electron chi connectivity index (χ2n) is 5.82. The largest absolute Gasteiger partial charge is 0.558 e. The Morgan fingerprint density at radius 3 is 2.22 bits per heavy atom. The highest BCUT2D eigenvalue weighted by molar-refractivity contribution is 6.77. The fourth-order valence-electron chi connectivity index (χ4n) is 2.23. The van der Waals surface area contributed by atoms with Gasteiger partial charge in [0.25, 0.3) is 0 Å². The standard InChI is InChI=1S/C14H26BO3/c1-6-17-15(18-7-2,10-9-14(3,4)5)13-8-11-16-12-13/h13H,6-8,11-12H2,1-5H3/q-1. The summed E-state index contributed by atoms with van der Waals surface area (Å²) in [5.41, 5.74) is -0.0410. The average Bonchev–Trinajstić information content (AvgIpc) is 2.79. The van der Waals surface area contributed by atoms with Crippen LogP contribution in [0, 0.1) is 17.2 Å². The van der Waals surface area contributed by atoms with Crippen LogP contribution in [0.1, 0.15) is 41.0 Å². The van der Waals surface area contributed by atoms with E-state index in [4.69, 9.17) is 14.0 Å². The summed E-state index contributed by atoms with van der Waals surface area (Å²) in [6.45, 7) is 11.5. The van der Waals surface area contributed by atoms with Gasteiger partial charge in [0.2, 0.25) is 0 Å². The van der Waals surface area contributed by atoms with E-state index in [1.165, 1.54) is 0 Å². The number of hydrogen-bond acceptors (Lipinski definition) is 3. The predicted octanol–water partition coefficient (Wildman–Crippen LogP) is 2.88. The maximum atomic E-state index is 5.94. The van der Waals surface area contributed by atoms with Gasteiger partial charge in [0.05, 0.1) is 0 Å². The smallest absolute Gasteiger partial charge is 0.319 e. The molecular formula is C14H26BO3-. The van der Waals surface area contributed by atoms with E-state index in [0.29, 0.717) is 19.8 Å².